The number of halogens is 1. The normalized spacial score (nSPS) is 10.0. The third-order valence-electron chi connectivity index (χ3n) is 2.49. The van der Waals surface area contributed by atoms with Crippen molar-refractivity contribution in [3.05, 3.63) is 59.5 Å². The van der Waals surface area contributed by atoms with Gasteiger partial charge in [-0.05, 0) is 18.2 Å². The Morgan fingerprint density at radius 3 is 2.79 bits per heavy atom. The Morgan fingerprint density at radius 2 is 2.16 bits per heavy atom. The van der Waals surface area contributed by atoms with Crippen LogP contribution in [0.1, 0.15) is 15.9 Å². The number of esters is 1. The molecule has 2 rings (SSSR count). The second-order valence-electron chi connectivity index (χ2n) is 3.75. The number of rotatable bonds is 4. The van der Waals surface area contributed by atoms with Crippen LogP contribution in [0.25, 0.3) is 0 Å². The summed E-state index contributed by atoms with van der Waals surface area (Å²) < 4.78 is 23.6. The van der Waals surface area contributed by atoms with Gasteiger partial charge < -0.3 is 9.47 Å². The highest BCUT2D eigenvalue weighted by atomic mass is 19.1. The van der Waals surface area contributed by atoms with Crippen molar-refractivity contribution in [2.75, 3.05) is 7.11 Å². The third kappa shape index (κ3) is 3.28. The van der Waals surface area contributed by atoms with Crippen LogP contribution >= 0.6 is 0 Å². The third-order valence-corrected chi connectivity index (χ3v) is 2.49. The van der Waals surface area contributed by atoms with Crippen molar-refractivity contribution in [2.45, 2.75) is 6.61 Å². The van der Waals surface area contributed by atoms with E-state index < -0.39 is 11.8 Å². The first-order valence-corrected chi connectivity index (χ1v) is 5.61. The minimum Gasteiger partial charge on any atom is -0.473 e. The van der Waals surface area contributed by atoms with Gasteiger partial charge in [0, 0.05) is 17.8 Å². The number of hydrogen-bond acceptors (Lipinski definition) is 4. The van der Waals surface area contributed by atoms with Gasteiger partial charge in [0.05, 0.1) is 12.7 Å². The van der Waals surface area contributed by atoms with E-state index in [0.29, 0.717) is 11.4 Å². The quantitative estimate of drug-likeness (QED) is 0.794. The maximum absolute atomic E-state index is 13.7. The molecule has 0 amide bonds. The molecule has 0 spiro atoms. The number of benzene rings is 1. The van der Waals surface area contributed by atoms with Crippen molar-refractivity contribution in [1.82, 2.24) is 4.98 Å². The number of carbonyl (C=O) groups excluding carboxylic acids is 1. The van der Waals surface area contributed by atoms with Gasteiger partial charge in [-0.1, -0.05) is 12.1 Å². The van der Waals surface area contributed by atoms with E-state index in [2.05, 4.69) is 9.72 Å². The Kier molecular flexibility index (Phi) is 4.07. The van der Waals surface area contributed by atoms with Gasteiger partial charge in [-0.15, -0.1) is 0 Å². The first-order valence-electron chi connectivity index (χ1n) is 5.61. The zero-order valence-corrected chi connectivity index (χ0v) is 10.3. The summed E-state index contributed by atoms with van der Waals surface area (Å²) in [5.74, 6) is -0.672. The molecule has 0 fully saturated rings. The topological polar surface area (TPSA) is 48.4 Å². The summed E-state index contributed by atoms with van der Waals surface area (Å²) in [6.07, 6.45) is 1.59. The molecular weight excluding hydrogens is 249 g/mol. The van der Waals surface area contributed by atoms with Crippen LogP contribution in [0.3, 0.4) is 0 Å². The minimum absolute atomic E-state index is 0.0459. The lowest BCUT2D eigenvalue weighted by molar-refractivity contribution is 0.0600. The maximum Gasteiger partial charge on any atom is 0.337 e. The standard InChI is InChI=1S/C14H12FNO3/c1-18-14(17)10-5-6-11(12(15)8-10)9-19-13-4-2-3-7-16-13/h2-8H,9H2,1H3. The number of nitrogens with zero attached hydrogens (tertiary/aromatic N) is 1. The first kappa shape index (κ1) is 13.0. The molecule has 1 aromatic heterocycles. The Hall–Kier alpha value is -2.43. The Balaban J connectivity index is 2.07. The summed E-state index contributed by atoms with van der Waals surface area (Å²) >= 11 is 0. The predicted molar refractivity (Wildman–Crippen MR) is 66.3 cm³/mol. The molecule has 1 aromatic carbocycles. The van der Waals surface area contributed by atoms with Gasteiger partial charge >= 0.3 is 5.97 Å². The van der Waals surface area contributed by atoms with Crippen molar-refractivity contribution >= 4 is 5.97 Å². The average molecular weight is 261 g/mol. The molecule has 0 aliphatic carbocycles. The summed E-state index contributed by atoms with van der Waals surface area (Å²) in [6, 6.07) is 9.33. The van der Waals surface area contributed by atoms with Crippen LogP contribution < -0.4 is 4.74 Å². The van der Waals surface area contributed by atoms with Crippen molar-refractivity contribution < 1.29 is 18.7 Å². The average Bonchev–Trinajstić information content (AvgIpc) is 2.46. The van der Waals surface area contributed by atoms with Crippen LogP contribution in [-0.4, -0.2) is 18.1 Å². The van der Waals surface area contributed by atoms with E-state index in [9.17, 15) is 9.18 Å². The molecule has 19 heavy (non-hydrogen) atoms. The number of pyridine rings is 1. The Morgan fingerprint density at radius 1 is 1.32 bits per heavy atom. The van der Waals surface area contributed by atoms with E-state index in [4.69, 9.17) is 4.74 Å². The molecule has 0 N–H and O–H groups in total. The van der Waals surface area contributed by atoms with Gasteiger partial charge in [0.25, 0.3) is 0 Å². The first-order chi connectivity index (χ1) is 9.20. The van der Waals surface area contributed by atoms with Crippen molar-refractivity contribution in [1.29, 1.82) is 0 Å². The molecular formula is C14H12FNO3. The minimum atomic E-state index is -0.573. The lowest BCUT2D eigenvalue weighted by Crippen LogP contribution is -2.04. The second-order valence-corrected chi connectivity index (χ2v) is 3.75. The summed E-state index contributed by atoms with van der Waals surface area (Å²) in [4.78, 5) is 15.2. The van der Waals surface area contributed by atoms with E-state index in [1.807, 2.05) is 0 Å². The van der Waals surface area contributed by atoms with Crippen LogP contribution in [0.5, 0.6) is 5.88 Å². The zero-order valence-electron chi connectivity index (χ0n) is 10.3. The van der Waals surface area contributed by atoms with Crippen LogP contribution in [-0.2, 0) is 11.3 Å². The fraction of sp³-hybridized carbons (Fsp3) is 0.143. The number of methoxy groups -OCH3 is 1. The van der Waals surface area contributed by atoms with Crippen LogP contribution in [0.15, 0.2) is 42.6 Å². The van der Waals surface area contributed by atoms with Gasteiger partial charge in [0.2, 0.25) is 5.88 Å². The molecule has 0 unspecified atom stereocenters. The number of aromatic nitrogens is 1. The highest BCUT2D eigenvalue weighted by Gasteiger charge is 2.10. The monoisotopic (exact) mass is 261 g/mol. The van der Waals surface area contributed by atoms with E-state index >= 15 is 0 Å². The van der Waals surface area contributed by atoms with Crippen LogP contribution in [0.4, 0.5) is 4.39 Å². The zero-order chi connectivity index (χ0) is 13.7. The number of hydrogen-bond donors (Lipinski definition) is 0. The molecule has 0 radical (unpaired) electrons. The summed E-state index contributed by atoms with van der Waals surface area (Å²) in [5, 5.41) is 0. The van der Waals surface area contributed by atoms with E-state index in [-0.39, 0.29) is 12.2 Å². The number of ether oxygens (including phenoxy) is 2. The molecule has 5 heteroatoms. The smallest absolute Gasteiger partial charge is 0.337 e. The Bertz CT molecular complexity index is 572. The van der Waals surface area contributed by atoms with Crippen molar-refractivity contribution in [3.63, 3.8) is 0 Å². The summed E-state index contributed by atoms with van der Waals surface area (Å²) in [6.45, 7) is 0.0459. The second kappa shape index (κ2) is 5.95. The molecule has 0 atom stereocenters. The lowest BCUT2D eigenvalue weighted by Gasteiger charge is -2.07. The lowest BCUT2D eigenvalue weighted by atomic mass is 10.1. The molecule has 0 bridgehead atoms. The summed E-state index contributed by atoms with van der Waals surface area (Å²) in [5.41, 5.74) is 0.514. The van der Waals surface area contributed by atoms with Crippen molar-refractivity contribution in [2.24, 2.45) is 0 Å². The molecule has 2 aromatic rings. The van der Waals surface area contributed by atoms with Gasteiger partial charge in [-0.3, -0.25) is 0 Å². The van der Waals surface area contributed by atoms with E-state index in [1.165, 1.54) is 19.2 Å². The molecule has 0 saturated heterocycles. The van der Waals surface area contributed by atoms with Gasteiger partial charge in [0.15, 0.2) is 0 Å². The maximum atomic E-state index is 13.7. The predicted octanol–water partition coefficient (Wildman–Crippen LogP) is 2.59. The van der Waals surface area contributed by atoms with E-state index in [1.54, 1.807) is 24.4 Å². The van der Waals surface area contributed by atoms with Crippen LogP contribution in [0.2, 0.25) is 0 Å². The highest BCUT2D eigenvalue weighted by Crippen LogP contribution is 2.14. The molecule has 0 aliphatic heterocycles. The van der Waals surface area contributed by atoms with Gasteiger partial charge in [-0.25, -0.2) is 14.2 Å². The molecule has 1 heterocycles. The molecule has 4 nitrogen and oxygen atoms in total. The molecule has 98 valence electrons. The largest absolute Gasteiger partial charge is 0.473 e. The van der Waals surface area contributed by atoms with Crippen LogP contribution in [0, 0.1) is 5.82 Å². The Labute approximate surface area is 109 Å². The van der Waals surface area contributed by atoms with Crippen molar-refractivity contribution in [3.8, 4) is 5.88 Å². The molecule has 0 saturated carbocycles. The highest BCUT2D eigenvalue weighted by molar-refractivity contribution is 5.89. The SMILES string of the molecule is COC(=O)c1ccc(COc2ccccn2)c(F)c1. The fourth-order valence-corrected chi connectivity index (χ4v) is 1.49. The fourth-order valence-electron chi connectivity index (χ4n) is 1.49. The summed E-state index contributed by atoms with van der Waals surface area (Å²) in [7, 11) is 1.25. The van der Waals surface area contributed by atoms with E-state index in [0.717, 1.165) is 6.07 Å². The molecule has 0 aliphatic rings. The number of carbonyl (C=O) groups is 1. The van der Waals surface area contributed by atoms with Gasteiger partial charge in [-0.2, -0.15) is 0 Å². The van der Waals surface area contributed by atoms with Gasteiger partial charge in [0.1, 0.15) is 12.4 Å².